The van der Waals surface area contributed by atoms with E-state index in [1.807, 2.05) is 30.3 Å². The Bertz CT molecular complexity index is 521. The van der Waals surface area contributed by atoms with Crippen LogP contribution in [0.15, 0.2) is 42.5 Å². The molecule has 0 atom stereocenters. The van der Waals surface area contributed by atoms with E-state index in [0.717, 1.165) is 16.9 Å². The number of rotatable bonds is 3. The molecule has 2 aromatic rings. The molecule has 2 rings (SSSR count). The van der Waals surface area contributed by atoms with Crippen molar-refractivity contribution < 1.29 is 14.6 Å². The first kappa shape index (κ1) is 11.3. The minimum Gasteiger partial charge on any atom is -0.504 e. The molecule has 0 radical (unpaired) electrons. The number of hydrogen-bond acceptors (Lipinski definition) is 3. The Morgan fingerprint density at radius 3 is 2.29 bits per heavy atom. The van der Waals surface area contributed by atoms with E-state index in [-0.39, 0.29) is 5.75 Å². The lowest BCUT2D eigenvalue weighted by atomic mass is 10.0. The van der Waals surface area contributed by atoms with Crippen LogP contribution in [0.2, 0.25) is 0 Å². The molecular formula is C14H14O3. The van der Waals surface area contributed by atoms with Crippen LogP contribution in [-0.4, -0.2) is 19.3 Å². The fourth-order valence-corrected chi connectivity index (χ4v) is 1.73. The average Bonchev–Trinajstić information content (AvgIpc) is 2.39. The molecule has 0 heterocycles. The molecule has 1 N–H and O–H groups in total. The number of phenolic OH excluding ortho intramolecular Hbond substituents is 1. The summed E-state index contributed by atoms with van der Waals surface area (Å²) in [7, 11) is 3.16. The normalized spacial score (nSPS) is 10.0. The van der Waals surface area contributed by atoms with Gasteiger partial charge in [-0.25, -0.2) is 0 Å². The number of phenols is 1. The van der Waals surface area contributed by atoms with Crippen LogP contribution in [0.4, 0.5) is 0 Å². The minimum atomic E-state index is 0.131. The van der Waals surface area contributed by atoms with Crippen LogP contribution < -0.4 is 9.47 Å². The van der Waals surface area contributed by atoms with Gasteiger partial charge in [-0.2, -0.15) is 0 Å². The minimum absolute atomic E-state index is 0.131. The lowest BCUT2D eigenvalue weighted by Gasteiger charge is -2.10. The molecule has 88 valence electrons. The molecule has 0 spiro atoms. The van der Waals surface area contributed by atoms with E-state index in [4.69, 9.17) is 9.47 Å². The summed E-state index contributed by atoms with van der Waals surface area (Å²) in [5.74, 6) is 1.37. The molecule has 0 aliphatic heterocycles. The highest BCUT2D eigenvalue weighted by Crippen LogP contribution is 2.35. The molecule has 2 aromatic carbocycles. The van der Waals surface area contributed by atoms with E-state index in [1.165, 1.54) is 7.11 Å². The van der Waals surface area contributed by atoms with E-state index < -0.39 is 0 Å². The molecule has 3 heteroatoms. The SMILES string of the molecule is COc1cc(-c2ccccc2OC)ccc1O. The first-order chi connectivity index (χ1) is 8.26. The number of benzene rings is 2. The van der Waals surface area contributed by atoms with Gasteiger partial charge < -0.3 is 14.6 Å². The first-order valence-corrected chi connectivity index (χ1v) is 5.26. The highest BCUT2D eigenvalue weighted by molar-refractivity contribution is 5.72. The molecule has 0 aromatic heterocycles. The monoisotopic (exact) mass is 230 g/mol. The number of hydrogen-bond donors (Lipinski definition) is 1. The summed E-state index contributed by atoms with van der Waals surface area (Å²) >= 11 is 0. The van der Waals surface area contributed by atoms with Crippen molar-refractivity contribution in [2.75, 3.05) is 14.2 Å². The molecule has 0 saturated heterocycles. The Morgan fingerprint density at radius 1 is 0.882 bits per heavy atom. The van der Waals surface area contributed by atoms with Crippen molar-refractivity contribution >= 4 is 0 Å². The standard InChI is InChI=1S/C14H14O3/c1-16-13-6-4-3-5-11(13)10-7-8-12(15)14(9-10)17-2/h3-9,15H,1-2H3. The van der Waals surface area contributed by atoms with Crippen LogP contribution in [0, 0.1) is 0 Å². The van der Waals surface area contributed by atoms with Gasteiger partial charge in [0, 0.05) is 5.56 Å². The van der Waals surface area contributed by atoms with Gasteiger partial charge in [-0.05, 0) is 23.8 Å². The zero-order chi connectivity index (χ0) is 12.3. The Hall–Kier alpha value is -2.16. The summed E-state index contributed by atoms with van der Waals surface area (Å²) in [6.45, 7) is 0. The molecular weight excluding hydrogens is 216 g/mol. The van der Waals surface area contributed by atoms with Crippen molar-refractivity contribution in [2.24, 2.45) is 0 Å². The number of ether oxygens (including phenoxy) is 2. The van der Waals surface area contributed by atoms with Crippen LogP contribution in [0.3, 0.4) is 0 Å². The predicted molar refractivity (Wildman–Crippen MR) is 66.6 cm³/mol. The van der Waals surface area contributed by atoms with Crippen molar-refractivity contribution in [3.05, 3.63) is 42.5 Å². The number of methoxy groups -OCH3 is 2. The van der Waals surface area contributed by atoms with Gasteiger partial charge in [-0.3, -0.25) is 0 Å². The van der Waals surface area contributed by atoms with Crippen LogP contribution in [0.5, 0.6) is 17.2 Å². The van der Waals surface area contributed by atoms with Crippen molar-refractivity contribution in [3.63, 3.8) is 0 Å². The highest BCUT2D eigenvalue weighted by Gasteiger charge is 2.08. The van der Waals surface area contributed by atoms with Crippen LogP contribution >= 0.6 is 0 Å². The highest BCUT2D eigenvalue weighted by atomic mass is 16.5. The van der Waals surface area contributed by atoms with Crippen LogP contribution in [0.25, 0.3) is 11.1 Å². The molecule has 0 aliphatic carbocycles. The van der Waals surface area contributed by atoms with Crippen molar-refractivity contribution in [1.29, 1.82) is 0 Å². The van der Waals surface area contributed by atoms with Gasteiger partial charge in [0.25, 0.3) is 0 Å². The summed E-state index contributed by atoms with van der Waals surface area (Å²) in [6.07, 6.45) is 0. The van der Waals surface area contributed by atoms with E-state index in [1.54, 1.807) is 19.2 Å². The van der Waals surface area contributed by atoms with Gasteiger partial charge in [0.1, 0.15) is 5.75 Å². The quantitative estimate of drug-likeness (QED) is 0.880. The Morgan fingerprint density at radius 2 is 1.59 bits per heavy atom. The van der Waals surface area contributed by atoms with Gasteiger partial charge in [-0.15, -0.1) is 0 Å². The van der Waals surface area contributed by atoms with Gasteiger partial charge >= 0.3 is 0 Å². The van der Waals surface area contributed by atoms with Gasteiger partial charge in [0.15, 0.2) is 11.5 Å². The molecule has 3 nitrogen and oxygen atoms in total. The number of para-hydroxylation sites is 1. The summed E-state index contributed by atoms with van der Waals surface area (Å²) in [5, 5.41) is 9.55. The largest absolute Gasteiger partial charge is 0.504 e. The summed E-state index contributed by atoms with van der Waals surface area (Å²) in [5.41, 5.74) is 1.91. The third kappa shape index (κ3) is 2.18. The van der Waals surface area contributed by atoms with Gasteiger partial charge in [0.2, 0.25) is 0 Å². The van der Waals surface area contributed by atoms with Crippen LogP contribution in [-0.2, 0) is 0 Å². The predicted octanol–water partition coefficient (Wildman–Crippen LogP) is 3.08. The van der Waals surface area contributed by atoms with E-state index in [9.17, 15) is 5.11 Å². The van der Waals surface area contributed by atoms with E-state index >= 15 is 0 Å². The van der Waals surface area contributed by atoms with Crippen molar-refractivity contribution in [3.8, 4) is 28.4 Å². The molecule has 0 unspecified atom stereocenters. The second kappa shape index (κ2) is 4.78. The molecule has 0 aliphatic rings. The average molecular weight is 230 g/mol. The van der Waals surface area contributed by atoms with Crippen molar-refractivity contribution in [1.82, 2.24) is 0 Å². The molecule has 0 bridgehead atoms. The van der Waals surface area contributed by atoms with Crippen molar-refractivity contribution in [2.45, 2.75) is 0 Å². The summed E-state index contributed by atoms with van der Waals surface area (Å²) in [6, 6.07) is 12.9. The Kier molecular flexibility index (Phi) is 3.19. The fourth-order valence-electron chi connectivity index (χ4n) is 1.73. The topological polar surface area (TPSA) is 38.7 Å². The van der Waals surface area contributed by atoms with E-state index in [0.29, 0.717) is 5.75 Å². The maximum atomic E-state index is 9.55. The number of aromatic hydroxyl groups is 1. The Balaban J connectivity index is 2.53. The molecule has 0 saturated carbocycles. The lowest BCUT2D eigenvalue weighted by Crippen LogP contribution is -1.89. The molecule has 0 fully saturated rings. The fraction of sp³-hybridized carbons (Fsp3) is 0.143. The smallest absolute Gasteiger partial charge is 0.161 e. The maximum Gasteiger partial charge on any atom is 0.161 e. The maximum absolute atomic E-state index is 9.55. The van der Waals surface area contributed by atoms with Crippen LogP contribution in [0.1, 0.15) is 0 Å². The zero-order valence-electron chi connectivity index (χ0n) is 9.81. The summed E-state index contributed by atoms with van der Waals surface area (Å²) in [4.78, 5) is 0. The molecule has 17 heavy (non-hydrogen) atoms. The summed E-state index contributed by atoms with van der Waals surface area (Å²) < 4.78 is 10.4. The van der Waals surface area contributed by atoms with Gasteiger partial charge in [-0.1, -0.05) is 24.3 Å². The third-order valence-corrected chi connectivity index (χ3v) is 2.60. The van der Waals surface area contributed by atoms with E-state index in [2.05, 4.69) is 0 Å². The second-order valence-corrected chi connectivity index (χ2v) is 3.59. The second-order valence-electron chi connectivity index (χ2n) is 3.59. The first-order valence-electron chi connectivity index (χ1n) is 5.26. The van der Waals surface area contributed by atoms with Gasteiger partial charge in [0.05, 0.1) is 14.2 Å². The lowest BCUT2D eigenvalue weighted by molar-refractivity contribution is 0.373. The molecule has 0 amide bonds. The third-order valence-electron chi connectivity index (χ3n) is 2.60. The Labute approximate surface area is 100 Å². The zero-order valence-corrected chi connectivity index (χ0v) is 9.81.